The smallest absolute Gasteiger partial charge is 0.129 e. The summed E-state index contributed by atoms with van der Waals surface area (Å²) in [6.45, 7) is 2.96. The first kappa shape index (κ1) is 12.3. The Labute approximate surface area is 103 Å². The van der Waals surface area contributed by atoms with Crippen LogP contribution in [0.25, 0.3) is 0 Å². The second-order valence-electron chi connectivity index (χ2n) is 5.22. The summed E-state index contributed by atoms with van der Waals surface area (Å²) in [7, 11) is 4.36. The second-order valence-corrected chi connectivity index (χ2v) is 5.22. The third-order valence-corrected chi connectivity index (χ3v) is 3.89. The maximum absolute atomic E-state index is 4.25. The van der Waals surface area contributed by atoms with Crippen molar-refractivity contribution >= 4 is 5.82 Å². The van der Waals surface area contributed by atoms with E-state index < -0.39 is 0 Å². The number of hydrogen-bond acceptors (Lipinski definition) is 4. The molecule has 0 amide bonds. The zero-order valence-electron chi connectivity index (χ0n) is 11.0. The van der Waals surface area contributed by atoms with Gasteiger partial charge in [-0.2, -0.15) is 0 Å². The van der Waals surface area contributed by atoms with Crippen molar-refractivity contribution < 1.29 is 0 Å². The van der Waals surface area contributed by atoms with E-state index in [1.165, 1.54) is 25.7 Å². The van der Waals surface area contributed by atoms with Crippen LogP contribution >= 0.6 is 0 Å². The van der Waals surface area contributed by atoms with Crippen molar-refractivity contribution in [3.05, 3.63) is 18.1 Å². The Morgan fingerprint density at radius 3 is 2.59 bits per heavy atom. The summed E-state index contributed by atoms with van der Waals surface area (Å²) in [5, 5.41) is 3.46. The van der Waals surface area contributed by atoms with Crippen LogP contribution in [0, 0.1) is 6.92 Å². The van der Waals surface area contributed by atoms with Gasteiger partial charge in [-0.15, -0.1) is 0 Å². The number of aromatic nitrogens is 2. The molecular weight excluding hydrogens is 212 g/mol. The van der Waals surface area contributed by atoms with Gasteiger partial charge < -0.3 is 10.2 Å². The highest BCUT2D eigenvalue weighted by Gasteiger charge is 2.35. The molecule has 2 rings (SSSR count). The van der Waals surface area contributed by atoms with Gasteiger partial charge >= 0.3 is 0 Å². The minimum absolute atomic E-state index is 0.304. The molecule has 1 fully saturated rings. The average molecular weight is 234 g/mol. The van der Waals surface area contributed by atoms with Gasteiger partial charge in [0.15, 0.2) is 0 Å². The molecule has 1 N–H and O–H groups in total. The van der Waals surface area contributed by atoms with Gasteiger partial charge in [0, 0.05) is 23.8 Å². The number of rotatable bonds is 4. The monoisotopic (exact) mass is 234 g/mol. The Bertz CT molecular complexity index is 369. The topological polar surface area (TPSA) is 41.0 Å². The molecule has 4 nitrogen and oxygen atoms in total. The zero-order valence-corrected chi connectivity index (χ0v) is 11.0. The Hall–Kier alpha value is -1.16. The van der Waals surface area contributed by atoms with E-state index in [1.807, 2.05) is 13.0 Å². The van der Waals surface area contributed by atoms with E-state index in [-0.39, 0.29) is 0 Å². The molecule has 1 aromatic rings. The summed E-state index contributed by atoms with van der Waals surface area (Å²) in [6, 6.07) is 2.00. The zero-order chi connectivity index (χ0) is 12.3. The summed E-state index contributed by atoms with van der Waals surface area (Å²) in [4.78, 5) is 10.7. The van der Waals surface area contributed by atoms with Crippen molar-refractivity contribution in [1.29, 1.82) is 0 Å². The van der Waals surface area contributed by atoms with Gasteiger partial charge in [-0.1, -0.05) is 12.8 Å². The lowest BCUT2D eigenvalue weighted by molar-refractivity contribution is 0.172. The number of anilines is 1. The highest BCUT2D eigenvalue weighted by molar-refractivity contribution is 5.35. The van der Waals surface area contributed by atoms with Crippen molar-refractivity contribution in [1.82, 2.24) is 14.9 Å². The van der Waals surface area contributed by atoms with Crippen LogP contribution in [0.5, 0.6) is 0 Å². The fourth-order valence-electron chi connectivity index (χ4n) is 2.62. The van der Waals surface area contributed by atoms with E-state index in [2.05, 4.69) is 34.3 Å². The molecule has 4 heteroatoms. The van der Waals surface area contributed by atoms with Gasteiger partial charge in [-0.3, -0.25) is 0 Å². The van der Waals surface area contributed by atoms with Gasteiger partial charge in [-0.25, -0.2) is 9.97 Å². The molecule has 1 saturated carbocycles. The molecule has 1 aliphatic rings. The maximum atomic E-state index is 4.25. The molecule has 0 bridgehead atoms. The van der Waals surface area contributed by atoms with Crippen molar-refractivity contribution in [2.24, 2.45) is 0 Å². The Balaban J connectivity index is 2.01. The summed E-state index contributed by atoms with van der Waals surface area (Å²) >= 11 is 0. The first-order valence-electron chi connectivity index (χ1n) is 6.32. The largest absolute Gasteiger partial charge is 0.368 e. The molecule has 0 radical (unpaired) electrons. The molecule has 1 aliphatic carbocycles. The van der Waals surface area contributed by atoms with Gasteiger partial charge in [0.25, 0.3) is 0 Å². The quantitative estimate of drug-likeness (QED) is 0.866. The lowest BCUT2D eigenvalue weighted by atomic mass is 9.96. The molecule has 0 spiro atoms. The van der Waals surface area contributed by atoms with Crippen molar-refractivity contribution in [3.8, 4) is 0 Å². The molecule has 1 aromatic heterocycles. The summed E-state index contributed by atoms with van der Waals surface area (Å²) in [5.41, 5.74) is 1.31. The Morgan fingerprint density at radius 1 is 1.29 bits per heavy atom. The highest BCUT2D eigenvalue weighted by Crippen LogP contribution is 2.33. The van der Waals surface area contributed by atoms with E-state index in [1.54, 1.807) is 6.33 Å². The number of aryl methyl sites for hydroxylation is 1. The van der Waals surface area contributed by atoms with Crippen molar-refractivity contribution in [3.63, 3.8) is 0 Å². The van der Waals surface area contributed by atoms with Crippen molar-refractivity contribution in [2.45, 2.75) is 38.1 Å². The number of likely N-dealkylation sites (N-methyl/N-ethyl adjacent to an activating group) is 1. The SMILES string of the molecule is Cc1cc(NCC2(N(C)C)CCCC2)ncn1. The Kier molecular flexibility index (Phi) is 3.62. The normalized spacial score (nSPS) is 18.6. The van der Waals surface area contributed by atoms with E-state index in [0.29, 0.717) is 5.54 Å². The van der Waals surface area contributed by atoms with Crippen molar-refractivity contribution in [2.75, 3.05) is 26.0 Å². The Morgan fingerprint density at radius 2 is 2.00 bits per heavy atom. The average Bonchev–Trinajstić information content (AvgIpc) is 2.76. The molecular formula is C13H22N4. The molecule has 17 heavy (non-hydrogen) atoms. The molecule has 0 saturated heterocycles. The van der Waals surface area contributed by atoms with Crippen LogP contribution in [0.15, 0.2) is 12.4 Å². The molecule has 0 unspecified atom stereocenters. The summed E-state index contributed by atoms with van der Waals surface area (Å²) in [6.07, 6.45) is 6.84. The predicted molar refractivity (Wildman–Crippen MR) is 70.1 cm³/mol. The van der Waals surface area contributed by atoms with Crippen LogP contribution < -0.4 is 5.32 Å². The van der Waals surface area contributed by atoms with Crippen LogP contribution in [-0.4, -0.2) is 41.0 Å². The van der Waals surface area contributed by atoms with E-state index in [9.17, 15) is 0 Å². The summed E-state index contributed by atoms with van der Waals surface area (Å²) < 4.78 is 0. The molecule has 0 aromatic carbocycles. The van der Waals surface area contributed by atoms with Crippen LogP contribution in [0.4, 0.5) is 5.82 Å². The second kappa shape index (κ2) is 5.00. The first-order valence-corrected chi connectivity index (χ1v) is 6.32. The molecule has 0 aliphatic heterocycles. The maximum Gasteiger partial charge on any atom is 0.129 e. The lowest BCUT2D eigenvalue weighted by Crippen LogP contribution is -2.47. The van der Waals surface area contributed by atoms with E-state index >= 15 is 0 Å². The minimum Gasteiger partial charge on any atom is -0.368 e. The summed E-state index contributed by atoms with van der Waals surface area (Å²) in [5.74, 6) is 0.936. The number of hydrogen-bond donors (Lipinski definition) is 1. The van der Waals surface area contributed by atoms with Gasteiger partial charge in [0.05, 0.1) is 0 Å². The van der Waals surface area contributed by atoms with Gasteiger partial charge in [-0.05, 0) is 33.9 Å². The standard InChI is InChI=1S/C13H22N4/c1-11-8-12(16-10-15-11)14-9-13(17(2)3)6-4-5-7-13/h8,10H,4-7,9H2,1-3H3,(H,14,15,16). The van der Waals surface area contributed by atoms with Gasteiger partial charge in [0.1, 0.15) is 12.1 Å². The minimum atomic E-state index is 0.304. The molecule has 1 heterocycles. The number of nitrogens with zero attached hydrogens (tertiary/aromatic N) is 3. The van der Waals surface area contributed by atoms with Crippen LogP contribution in [0.2, 0.25) is 0 Å². The molecule has 94 valence electrons. The third-order valence-electron chi connectivity index (χ3n) is 3.89. The third kappa shape index (κ3) is 2.75. The predicted octanol–water partition coefficient (Wildman–Crippen LogP) is 2.07. The fraction of sp³-hybridized carbons (Fsp3) is 0.692. The van der Waals surface area contributed by atoms with Crippen LogP contribution in [-0.2, 0) is 0 Å². The van der Waals surface area contributed by atoms with E-state index in [4.69, 9.17) is 0 Å². The van der Waals surface area contributed by atoms with Gasteiger partial charge in [0.2, 0.25) is 0 Å². The number of nitrogens with one attached hydrogen (secondary N) is 1. The van der Waals surface area contributed by atoms with Crippen LogP contribution in [0.3, 0.4) is 0 Å². The lowest BCUT2D eigenvalue weighted by Gasteiger charge is -2.36. The van der Waals surface area contributed by atoms with E-state index in [0.717, 1.165) is 18.1 Å². The molecule has 0 atom stereocenters. The first-order chi connectivity index (χ1) is 8.12. The van der Waals surface area contributed by atoms with Crippen LogP contribution in [0.1, 0.15) is 31.4 Å². The fourth-order valence-corrected chi connectivity index (χ4v) is 2.62. The highest BCUT2D eigenvalue weighted by atomic mass is 15.2.